The topological polar surface area (TPSA) is 81.9 Å². The van der Waals surface area contributed by atoms with E-state index >= 15 is 0 Å². The lowest BCUT2D eigenvalue weighted by Gasteiger charge is -2.20. The summed E-state index contributed by atoms with van der Waals surface area (Å²) in [5.41, 5.74) is 5.37. The largest absolute Gasteiger partial charge is 0.383 e. The van der Waals surface area contributed by atoms with Gasteiger partial charge in [-0.25, -0.2) is 8.42 Å². The molecule has 0 saturated carbocycles. The lowest BCUT2D eigenvalue weighted by molar-refractivity contribution is 0.160. The van der Waals surface area contributed by atoms with E-state index in [1.54, 1.807) is 0 Å². The first-order valence-electron chi connectivity index (χ1n) is 5.33. The number of nitrogens with two attached hydrogens (primary N) is 1. The van der Waals surface area contributed by atoms with Gasteiger partial charge in [0.15, 0.2) is 0 Å². The first-order chi connectivity index (χ1) is 7.58. The molecule has 0 fully saturated rings. The van der Waals surface area contributed by atoms with E-state index in [2.05, 4.69) is 0 Å². The van der Waals surface area contributed by atoms with Crippen LogP contribution < -0.4 is 5.73 Å². The lowest BCUT2D eigenvalue weighted by Crippen LogP contribution is -2.39. The van der Waals surface area contributed by atoms with Gasteiger partial charge in [-0.05, 0) is 6.92 Å². The third-order valence-electron chi connectivity index (χ3n) is 2.01. The SMILES string of the molecule is CCOCCS(=O)(=O)N(CCN)CCOC. The van der Waals surface area contributed by atoms with E-state index < -0.39 is 10.0 Å². The number of nitrogens with zero attached hydrogens (tertiary/aromatic N) is 1. The normalized spacial score (nSPS) is 12.2. The third kappa shape index (κ3) is 6.39. The molecule has 0 aromatic heterocycles. The maximum Gasteiger partial charge on any atom is 0.216 e. The number of rotatable bonds is 10. The van der Waals surface area contributed by atoms with Crippen LogP contribution in [0.5, 0.6) is 0 Å². The Kier molecular flexibility index (Phi) is 8.77. The lowest BCUT2D eigenvalue weighted by atomic mass is 10.6. The molecule has 2 N–H and O–H groups in total. The van der Waals surface area contributed by atoms with Crippen molar-refractivity contribution in [3.8, 4) is 0 Å². The van der Waals surface area contributed by atoms with Crippen molar-refractivity contribution in [2.75, 3.05) is 52.3 Å². The van der Waals surface area contributed by atoms with Crippen molar-refractivity contribution >= 4 is 10.0 Å². The molecule has 0 saturated heterocycles. The second-order valence-electron chi connectivity index (χ2n) is 3.19. The van der Waals surface area contributed by atoms with Gasteiger partial charge < -0.3 is 15.2 Å². The molecule has 0 spiro atoms. The fraction of sp³-hybridized carbons (Fsp3) is 1.00. The Morgan fingerprint density at radius 2 is 1.94 bits per heavy atom. The molecule has 0 rings (SSSR count). The number of ether oxygens (including phenoxy) is 2. The van der Waals surface area contributed by atoms with Gasteiger partial charge in [-0.3, -0.25) is 0 Å². The van der Waals surface area contributed by atoms with E-state index in [0.29, 0.717) is 32.8 Å². The fourth-order valence-corrected chi connectivity index (χ4v) is 2.49. The highest BCUT2D eigenvalue weighted by Gasteiger charge is 2.20. The van der Waals surface area contributed by atoms with Gasteiger partial charge in [-0.1, -0.05) is 0 Å². The Balaban J connectivity index is 4.25. The molecule has 7 heteroatoms. The van der Waals surface area contributed by atoms with Crippen LogP contribution in [0.15, 0.2) is 0 Å². The van der Waals surface area contributed by atoms with Gasteiger partial charge in [0, 0.05) is 33.4 Å². The minimum Gasteiger partial charge on any atom is -0.383 e. The molecule has 98 valence electrons. The number of sulfonamides is 1. The van der Waals surface area contributed by atoms with Gasteiger partial charge in [0.05, 0.1) is 19.0 Å². The summed E-state index contributed by atoms with van der Waals surface area (Å²) in [6.07, 6.45) is 0. The second-order valence-corrected chi connectivity index (χ2v) is 5.28. The standard InChI is InChI=1S/C9H22N2O4S/c1-3-15-8-9-16(12,13)11(5-4-10)6-7-14-2/h3-10H2,1-2H3. The molecule has 0 aromatic rings. The van der Waals surface area contributed by atoms with Crippen LogP contribution in [0.1, 0.15) is 6.92 Å². The van der Waals surface area contributed by atoms with Crippen molar-refractivity contribution in [3.63, 3.8) is 0 Å². The van der Waals surface area contributed by atoms with Crippen molar-refractivity contribution in [3.05, 3.63) is 0 Å². The van der Waals surface area contributed by atoms with Crippen LogP contribution in [0.25, 0.3) is 0 Å². The zero-order valence-electron chi connectivity index (χ0n) is 10.0. The molecule has 0 aliphatic heterocycles. The van der Waals surface area contributed by atoms with E-state index in [9.17, 15) is 8.42 Å². The molecule has 0 heterocycles. The van der Waals surface area contributed by atoms with Crippen LogP contribution in [-0.4, -0.2) is 65.0 Å². The summed E-state index contributed by atoms with van der Waals surface area (Å²) in [5, 5.41) is 0. The molecule has 0 aliphatic rings. The Hall–Kier alpha value is -0.210. The zero-order valence-corrected chi connectivity index (χ0v) is 10.8. The van der Waals surface area contributed by atoms with Crippen LogP contribution >= 0.6 is 0 Å². The maximum atomic E-state index is 11.8. The highest BCUT2D eigenvalue weighted by molar-refractivity contribution is 7.89. The fourth-order valence-electron chi connectivity index (χ4n) is 1.16. The van der Waals surface area contributed by atoms with Crippen LogP contribution in [0.4, 0.5) is 0 Å². The summed E-state index contributed by atoms with van der Waals surface area (Å²) in [4.78, 5) is 0. The van der Waals surface area contributed by atoms with E-state index in [1.807, 2.05) is 6.92 Å². The monoisotopic (exact) mass is 254 g/mol. The van der Waals surface area contributed by atoms with Crippen molar-refractivity contribution in [1.82, 2.24) is 4.31 Å². The van der Waals surface area contributed by atoms with Crippen LogP contribution in [-0.2, 0) is 19.5 Å². The Morgan fingerprint density at radius 1 is 1.25 bits per heavy atom. The minimum absolute atomic E-state index is 0.00937. The number of methoxy groups -OCH3 is 1. The van der Waals surface area contributed by atoms with Gasteiger partial charge in [0.2, 0.25) is 10.0 Å². The first-order valence-corrected chi connectivity index (χ1v) is 6.94. The zero-order chi connectivity index (χ0) is 12.4. The second kappa shape index (κ2) is 8.89. The molecule has 0 bridgehead atoms. The third-order valence-corrected chi connectivity index (χ3v) is 3.84. The summed E-state index contributed by atoms with van der Waals surface area (Å²) < 4.78 is 34.9. The number of hydrogen-bond acceptors (Lipinski definition) is 5. The maximum absolute atomic E-state index is 11.8. The molecule has 0 unspecified atom stereocenters. The van der Waals surface area contributed by atoms with E-state index in [1.165, 1.54) is 11.4 Å². The van der Waals surface area contributed by atoms with Crippen molar-refractivity contribution < 1.29 is 17.9 Å². The molecular weight excluding hydrogens is 232 g/mol. The Bertz CT molecular complexity index is 256. The highest BCUT2D eigenvalue weighted by Crippen LogP contribution is 2.01. The van der Waals surface area contributed by atoms with Crippen molar-refractivity contribution in [2.24, 2.45) is 5.73 Å². The molecule has 0 aromatic carbocycles. The predicted molar refractivity (Wildman–Crippen MR) is 62.8 cm³/mol. The number of hydrogen-bond donors (Lipinski definition) is 1. The van der Waals surface area contributed by atoms with Crippen LogP contribution in [0.3, 0.4) is 0 Å². The van der Waals surface area contributed by atoms with Gasteiger partial charge in [-0.2, -0.15) is 4.31 Å². The quantitative estimate of drug-likeness (QED) is 0.519. The molecule has 16 heavy (non-hydrogen) atoms. The average molecular weight is 254 g/mol. The van der Waals surface area contributed by atoms with Crippen LogP contribution in [0, 0.1) is 0 Å². The van der Waals surface area contributed by atoms with E-state index in [4.69, 9.17) is 15.2 Å². The highest BCUT2D eigenvalue weighted by atomic mass is 32.2. The smallest absolute Gasteiger partial charge is 0.216 e. The molecule has 0 radical (unpaired) electrons. The summed E-state index contributed by atoms with van der Waals surface area (Å²) in [6.45, 7) is 3.89. The molecule has 0 atom stereocenters. The Labute approximate surface area is 97.7 Å². The Morgan fingerprint density at radius 3 is 2.44 bits per heavy atom. The summed E-state index contributed by atoms with van der Waals surface area (Å²) in [6, 6.07) is 0. The van der Waals surface area contributed by atoms with E-state index in [0.717, 1.165) is 0 Å². The summed E-state index contributed by atoms with van der Waals surface area (Å²) in [5.74, 6) is -0.00937. The van der Waals surface area contributed by atoms with Gasteiger partial charge in [0.25, 0.3) is 0 Å². The van der Waals surface area contributed by atoms with E-state index in [-0.39, 0.29) is 12.4 Å². The average Bonchev–Trinajstić information content (AvgIpc) is 2.24. The molecule has 0 amide bonds. The summed E-state index contributed by atoms with van der Waals surface area (Å²) >= 11 is 0. The van der Waals surface area contributed by atoms with Gasteiger partial charge in [0.1, 0.15) is 0 Å². The predicted octanol–water partition coefficient (Wildman–Crippen LogP) is -0.740. The van der Waals surface area contributed by atoms with Gasteiger partial charge in [-0.15, -0.1) is 0 Å². The minimum atomic E-state index is -3.28. The summed E-state index contributed by atoms with van der Waals surface area (Å²) in [7, 11) is -1.75. The molecule has 0 aliphatic carbocycles. The van der Waals surface area contributed by atoms with Gasteiger partial charge >= 0.3 is 0 Å². The molecular formula is C9H22N2O4S. The first kappa shape index (κ1) is 15.8. The van der Waals surface area contributed by atoms with Crippen molar-refractivity contribution in [1.29, 1.82) is 0 Å². The van der Waals surface area contributed by atoms with Crippen molar-refractivity contribution in [2.45, 2.75) is 6.92 Å². The van der Waals surface area contributed by atoms with Crippen LogP contribution in [0.2, 0.25) is 0 Å². The molecule has 6 nitrogen and oxygen atoms in total.